The number of aliphatic hydroxyl groups excluding tert-OH is 1. The van der Waals surface area contributed by atoms with E-state index in [0.29, 0.717) is 5.76 Å². The van der Waals surface area contributed by atoms with Gasteiger partial charge in [0.05, 0.1) is 6.04 Å². The van der Waals surface area contributed by atoms with E-state index in [1.54, 1.807) is 6.07 Å². The van der Waals surface area contributed by atoms with E-state index in [1.165, 1.54) is 12.8 Å². The average molecular weight is 197 g/mol. The highest BCUT2D eigenvalue weighted by Gasteiger charge is 2.09. The van der Waals surface area contributed by atoms with Crippen LogP contribution in [0.2, 0.25) is 0 Å². The number of rotatable bonds is 6. The fraction of sp³-hybridized carbons (Fsp3) is 0.636. The van der Waals surface area contributed by atoms with Gasteiger partial charge in [0, 0.05) is 0 Å². The van der Waals surface area contributed by atoms with Crippen molar-refractivity contribution in [2.45, 2.75) is 45.3 Å². The maximum absolute atomic E-state index is 8.81. The lowest BCUT2D eigenvalue weighted by molar-refractivity contribution is 0.241. The van der Waals surface area contributed by atoms with Crippen LogP contribution >= 0.6 is 0 Å². The highest BCUT2D eigenvalue weighted by atomic mass is 16.4. The molecule has 1 aromatic heterocycles. The van der Waals surface area contributed by atoms with Gasteiger partial charge in [-0.15, -0.1) is 0 Å². The van der Waals surface area contributed by atoms with E-state index in [1.807, 2.05) is 6.07 Å². The number of furan rings is 1. The molecule has 80 valence electrons. The smallest absolute Gasteiger partial charge is 0.129 e. The zero-order chi connectivity index (χ0) is 10.4. The molecule has 1 atom stereocenters. The summed E-state index contributed by atoms with van der Waals surface area (Å²) in [5, 5.41) is 8.81. The first kappa shape index (κ1) is 11.3. The Morgan fingerprint density at radius 3 is 2.79 bits per heavy atom. The topological polar surface area (TPSA) is 59.4 Å². The van der Waals surface area contributed by atoms with Gasteiger partial charge in [0.2, 0.25) is 0 Å². The Labute approximate surface area is 84.9 Å². The van der Waals surface area contributed by atoms with Crippen molar-refractivity contribution in [3.8, 4) is 0 Å². The summed E-state index contributed by atoms with van der Waals surface area (Å²) >= 11 is 0. The molecule has 0 saturated carbocycles. The second-order valence-corrected chi connectivity index (χ2v) is 3.56. The minimum atomic E-state index is -0.0539. The second kappa shape index (κ2) is 5.83. The Balaban J connectivity index is 2.39. The molecule has 0 bridgehead atoms. The summed E-state index contributed by atoms with van der Waals surface area (Å²) in [6, 6.07) is 3.60. The summed E-state index contributed by atoms with van der Waals surface area (Å²) in [5.41, 5.74) is 5.93. The van der Waals surface area contributed by atoms with Crippen LogP contribution in [-0.4, -0.2) is 5.11 Å². The van der Waals surface area contributed by atoms with Gasteiger partial charge in [0.1, 0.15) is 18.1 Å². The number of unbranched alkanes of at least 4 members (excludes halogenated alkanes) is 2. The maximum atomic E-state index is 8.81. The molecule has 1 rings (SSSR count). The van der Waals surface area contributed by atoms with Gasteiger partial charge in [-0.1, -0.05) is 26.2 Å². The van der Waals surface area contributed by atoms with Crippen molar-refractivity contribution >= 4 is 0 Å². The van der Waals surface area contributed by atoms with Crippen LogP contribution in [0.25, 0.3) is 0 Å². The minimum Gasteiger partial charge on any atom is -0.462 e. The molecule has 1 heterocycles. The van der Waals surface area contributed by atoms with Crippen LogP contribution in [0.4, 0.5) is 0 Å². The average Bonchev–Trinajstić information content (AvgIpc) is 2.66. The molecule has 0 aliphatic carbocycles. The standard InChI is InChI=1S/C11H19NO2/c1-2-3-4-5-10(12)11-7-6-9(8-13)14-11/h6-7,10,13H,2-5,8,12H2,1H3/t10-/m1/s1. The number of hydrogen-bond donors (Lipinski definition) is 2. The van der Waals surface area contributed by atoms with Crippen LogP contribution in [0, 0.1) is 0 Å². The van der Waals surface area contributed by atoms with E-state index < -0.39 is 0 Å². The molecule has 0 fully saturated rings. The van der Waals surface area contributed by atoms with Gasteiger partial charge in [-0.25, -0.2) is 0 Å². The lowest BCUT2D eigenvalue weighted by Crippen LogP contribution is -2.08. The van der Waals surface area contributed by atoms with Crippen LogP contribution in [-0.2, 0) is 6.61 Å². The predicted molar refractivity (Wildman–Crippen MR) is 55.7 cm³/mol. The Morgan fingerprint density at radius 2 is 2.21 bits per heavy atom. The monoisotopic (exact) mass is 197 g/mol. The molecule has 0 aliphatic rings. The van der Waals surface area contributed by atoms with Crippen LogP contribution in [0.1, 0.15) is 50.2 Å². The summed E-state index contributed by atoms with van der Waals surface area (Å²) in [6.07, 6.45) is 4.49. The first-order valence-electron chi connectivity index (χ1n) is 5.23. The van der Waals surface area contributed by atoms with E-state index in [9.17, 15) is 0 Å². The third kappa shape index (κ3) is 3.16. The molecule has 0 amide bonds. The van der Waals surface area contributed by atoms with Crippen molar-refractivity contribution in [3.63, 3.8) is 0 Å². The van der Waals surface area contributed by atoms with Gasteiger partial charge < -0.3 is 15.3 Å². The molecule has 0 aromatic carbocycles. The van der Waals surface area contributed by atoms with E-state index in [0.717, 1.165) is 18.6 Å². The Hall–Kier alpha value is -0.800. The second-order valence-electron chi connectivity index (χ2n) is 3.56. The minimum absolute atomic E-state index is 0.0261. The van der Waals surface area contributed by atoms with Crippen LogP contribution in [0.15, 0.2) is 16.5 Å². The van der Waals surface area contributed by atoms with Crippen molar-refractivity contribution in [2.24, 2.45) is 5.73 Å². The SMILES string of the molecule is CCCCC[C@@H](N)c1ccc(CO)o1. The Bertz CT molecular complexity index is 258. The molecule has 0 radical (unpaired) electrons. The van der Waals surface area contributed by atoms with Gasteiger partial charge in [0.15, 0.2) is 0 Å². The number of aliphatic hydroxyl groups is 1. The summed E-state index contributed by atoms with van der Waals surface area (Å²) < 4.78 is 5.35. The van der Waals surface area contributed by atoms with Crippen LogP contribution in [0.5, 0.6) is 0 Å². The molecule has 14 heavy (non-hydrogen) atoms. The van der Waals surface area contributed by atoms with E-state index in [4.69, 9.17) is 15.3 Å². The molecule has 3 N–H and O–H groups in total. The molecule has 0 saturated heterocycles. The Kier molecular flexibility index (Phi) is 4.70. The third-order valence-electron chi connectivity index (χ3n) is 2.32. The molecule has 3 heteroatoms. The molecule has 0 aliphatic heterocycles. The zero-order valence-corrected chi connectivity index (χ0v) is 8.70. The summed E-state index contributed by atoms with van der Waals surface area (Å²) in [4.78, 5) is 0. The van der Waals surface area contributed by atoms with E-state index >= 15 is 0 Å². The van der Waals surface area contributed by atoms with Crippen molar-refractivity contribution in [2.75, 3.05) is 0 Å². The molecular formula is C11H19NO2. The Morgan fingerprint density at radius 1 is 1.43 bits per heavy atom. The quantitative estimate of drug-likeness (QED) is 0.688. The van der Waals surface area contributed by atoms with Gasteiger partial charge >= 0.3 is 0 Å². The highest BCUT2D eigenvalue weighted by Crippen LogP contribution is 2.19. The van der Waals surface area contributed by atoms with Gasteiger partial charge in [0.25, 0.3) is 0 Å². The van der Waals surface area contributed by atoms with E-state index in [2.05, 4.69) is 6.92 Å². The highest BCUT2D eigenvalue weighted by molar-refractivity contribution is 5.09. The van der Waals surface area contributed by atoms with Crippen LogP contribution in [0.3, 0.4) is 0 Å². The number of nitrogens with two attached hydrogens (primary N) is 1. The van der Waals surface area contributed by atoms with Crippen molar-refractivity contribution in [1.82, 2.24) is 0 Å². The van der Waals surface area contributed by atoms with Crippen molar-refractivity contribution in [3.05, 3.63) is 23.7 Å². The van der Waals surface area contributed by atoms with Crippen molar-refractivity contribution < 1.29 is 9.52 Å². The fourth-order valence-corrected chi connectivity index (χ4v) is 1.44. The zero-order valence-electron chi connectivity index (χ0n) is 8.70. The molecule has 3 nitrogen and oxygen atoms in total. The van der Waals surface area contributed by atoms with Gasteiger partial charge in [-0.3, -0.25) is 0 Å². The van der Waals surface area contributed by atoms with Crippen LogP contribution < -0.4 is 5.73 Å². The molecule has 1 aromatic rings. The lowest BCUT2D eigenvalue weighted by atomic mass is 10.1. The summed E-state index contributed by atoms with van der Waals surface area (Å²) in [6.45, 7) is 2.12. The fourth-order valence-electron chi connectivity index (χ4n) is 1.44. The predicted octanol–water partition coefficient (Wildman–Crippen LogP) is 2.35. The number of hydrogen-bond acceptors (Lipinski definition) is 3. The third-order valence-corrected chi connectivity index (χ3v) is 2.32. The molecular weight excluding hydrogens is 178 g/mol. The van der Waals surface area contributed by atoms with Gasteiger partial charge in [-0.05, 0) is 18.6 Å². The maximum Gasteiger partial charge on any atom is 0.129 e. The summed E-state index contributed by atoms with van der Waals surface area (Å²) in [7, 11) is 0. The largest absolute Gasteiger partial charge is 0.462 e. The molecule has 0 spiro atoms. The molecule has 0 unspecified atom stereocenters. The van der Waals surface area contributed by atoms with Gasteiger partial charge in [-0.2, -0.15) is 0 Å². The lowest BCUT2D eigenvalue weighted by Gasteiger charge is -2.07. The first-order valence-corrected chi connectivity index (χ1v) is 5.23. The van der Waals surface area contributed by atoms with E-state index in [-0.39, 0.29) is 12.6 Å². The first-order chi connectivity index (χ1) is 6.77. The summed E-state index contributed by atoms with van der Waals surface area (Å²) in [5.74, 6) is 1.37. The van der Waals surface area contributed by atoms with Crippen molar-refractivity contribution in [1.29, 1.82) is 0 Å². The normalized spacial score (nSPS) is 13.1.